The summed E-state index contributed by atoms with van der Waals surface area (Å²) in [5.41, 5.74) is 1.37. The average molecular weight is 288 g/mol. The summed E-state index contributed by atoms with van der Waals surface area (Å²) < 4.78 is 1.71. The van der Waals surface area contributed by atoms with Crippen molar-refractivity contribution in [2.45, 2.75) is 18.8 Å². The second-order valence-electron chi connectivity index (χ2n) is 4.67. The van der Waals surface area contributed by atoms with E-state index in [0.717, 1.165) is 24.4 Å². The Balaban J connectivity index is 1.82. The van der Waals surface area contributed by atoms with Gasteiger partial charge in [-0.15, -0.1) is 10.2 Å². The molecule has 0 bridgehead atoms. The molecule has 20 heavy (non-hydrogen) atoms. The first-order valence-electron chi connectivity index (χ1n) is 6.26. The third-order valence-corrected chi connectivity index (χ3v) is 3.34. The number of fused-ring (bicyclic) bond motifs is 1. The maximum absolute atomic E-state index is 6.08. The van der Waals surface area contributed by atoms with Gasteiger partial charge in [0.05, 0.1) is 5.69 Å². The van der Waals surface area contributed by atoms with Crippen molar-refractivity contribution in [1.29, 1.82) is 0 Å². The highest BCUT2D eigenvalue weighted by Crippen LogP contribution is 2.39. The van der Waals surface area contributed by atoms with E-state index in [4.69, 9.17) is 11.6 Å². The fraction of sp³-hybridized carbons (Fsp3) is 0.250. The number of rotatable bonds is 3. The zero-order valence-corrected chi connectivity index (χ0v) is 11.1. The standard InChI is InChI=1S/C12H10ClN7/c13-9-5-8(16-10-3-4-14-6-15-10)12-18-17-11(7-1-2-7)20(12)19-9/h3-7H,1-2H2,(H,14,15,16). The molecule has 0 saturated heterocycles. The lowest BCUT2D eigenvalue weighted by Gasteiger charge is -2.06. The van der Waals surface area contributed by atoms with Crippen molar-refractivity contribution in [2.24, 2.45) is 0 Å². The first-order chi connectivity index (χ1) is 9.81. The lowest BCUT2D eigenvalue weighted by atomic mass is 10.4. The minimum Gasteiger partial charge on any atom is -0.337 e. The van der Waals surface area contributed by atoms with Gasteiger partial charge in [-0.1, -0.05) is 11.6 Å². The first kappa shape index (κ1) is 11.5. The van der Waals surface area contributed by atoms with E-state index in [1.807, 2.05) is 0 Å². The minimum absolute atomic E-state index is 0.385. The molecule has 8 heteroatoms. The van der Waals surface area contributed by atoms with Crippen LogP contribution in [0.1, 0.15) is 24.6 Å². The van der Waals surface area contributed by atoms with Gasteiger partial charge in [-0.3, -0.25) is 0 Å². The second kappa shape index (κ2) is 4.38. The number of hydrogen-bond acceptors (Lipinski definition) is 6. The molecule has 1 N–H and O–H groups in total. The van der Waals surface area contributed by atoms with E-state index in [-0.39, 0.29) is 0 Å². The number of hydrogen-bond donors (Lipinski definition) is 1. The number of halogens is 1. The summed E-state index contributed by atoms with van der Waals surface area (Å²) in [5, 5.41) is 16.3. The van der Waals surface area contributed by atoms with Gasteiger partial charge in [0.1, 0.15) is 12.1 Å². The van der Waals surface area contributed by atoms with Crippen molar-refractivity contribution < 1.29 is 0 Å². The van der Waals surface area contributed by atoms with Crippen LogP contribution < -0.4 is 5.32 Å². The molecule has 7 nitrogen and oxygen atoms in total. The summed E-state index contributed by atoms with van der Waals surface area (Å²) >= 11 is 6.08. The van der Waals surface area contributed by atoms with Gasteiger partial charge in [-0.2, -0.15) is 9.61 Å². The van der Waals surface area contributed by atoms with Crippen LogP contribution in [0.25, 0.3) is 5.65 Å². The quantitative estimate of drug-likeness (QED) is 0.795. The predicted octanol–water partition coefficient (Wildman–Crippen LogP) is 2.19. The molecular formula is C12H10ClN7. The molecule has 1 aliphatic carbocycles. The maximum Gasteiger partial charge on any atom is 0.201 e. The summed E-state index contributed by atoms with van der Waals surface area (Å²) in [4.78, 5) is 8.00. The van der Waals surface area contributed by atoms with Crippen molar-refractivity contribution in [3.05, 3.63) is 35.6 Å². The predicted molar refractivity (Wildman–Crippen MR) is 73.1 cm³/mol. The highest BCUT2D eigenvalue weighted by Gasteiger charge is 2.30. The van der Waals surface area contributed by atoms with Crippen LogP contribution in [0.5, 0.6) is 0 Å². The topological polar surface area (TPSA) is 80.9 Å². The molecule has 3 aromatic heterocycles. The van der Waals surface area contributed by atoms with E-state index >= 15 is 0 Å². The Bertz CT molecular complexity index is 766. The normalized spacial score (nSPS) is 14.7. The van der Waals surface area contributed by atoms with Crippen LogP contribution in [-0.2, 0) is 0 Å². The number of nitrogens with one attached hydrogen (secondary N) is 1. The lowest BCUT2D eigenvalue weighted by molar-refractivity contribution is 0.815. The van der Waals surface area contributed by atoms with Crippen LogP contribution in [0.3, 0.4) is 0 Å². The van der Waals surface area contributed by atoms with Crippen LogP contribution in [0.4, 0.5) is 11.5 Å². The van der Waals surface area contributed by atoms with E-state index in [1.165, 1.54) is 6.33 Å². The van der Waals surface area contributed by atoms with Gasteiger partial charge in [0, 0.05) is 18.2 Å². The van der Waals surface area contributed by atoms with Gasteiger partial charge >= 0.3 is 0 Å². The van der Waals surface area contributed by atoms with Gasteiger partial charge in [0.15, 0.2) is 11.0 Å². The molecule has 4 rings (SSSR count). The average Bonchev–Trinajstić information content (AvgIpc) is 3.20. The van der Waals surface area contributed by atoms with E-state index in [0.29, 0.717) is 22.5 Å². The molecular weight excluding hydrogens is 278 g/mol. The molecule has 1 saturated carbocycles. The zero-order chi connectivity index (χ0) is 13.5. The molecule has 100 valence electrons. The summed E-state index contributed by atoms with van der Waals surface area (Å²) in [7, 11) is 0. The Kier molecular flexibility index (Phi) is 2.53. The van der Waals surface area contributed by atoms with Crippen molar-refractivity contribution in [1.82, 2.24) is 29.8 Å². The van der Waals surface area contributed by atoms with Crippen LogP contribution >= 0.6 is 11.6 Å². The molecule has 3 heterocycles. The molecule has 0 aromatic carbocycles. The van der Waals surface area contributed by atoms with Crippen molar-refractivity contribution in [3.63, 3.8) is 0 Å². The van der Waals surface area contributed by atoms with Crippen LogP contribution in [0.15, 0.2) is 24.7 Å². The van der Waals surface area contributed by atoms with Crippen LogP contribution in [-0.4, -0.2) is 29.8 Å². The number of nitrogens with zero attached hydrogens (tertiary/aromatic N) is 6. The summed E-state index contributed by atoms with van der Waals surface area (Å²) in [6.45, 7) is 0. The number of anilines is 2. The fourth-order valence-electron chi connectivity index (χ4n) is 2.06. The molecule has 0 amide bonds. The highest BCUT2D eigenvalue weighted by molar-refractivity contribution is 6.29. The van der Waals surface area contributed by atoms with Gasteiger partial charge in [0.2, 0.25) is 5.65 Å². The minimum atomic E-state index is 0.385. The largest absolute Gasteiger partial charge is 0.337 e. The summed E-state index contributed by atoms with van der Waals surface area (Å²) in [5.74, 6) is 1.98. The van der Waals surface area contributed by atoms with Crippen LogP contribution in [0, 0.1) is 0 Å². The van der Waals surface area contributed by atoms with Crippen molar-refractivity contribution in [2.75, 3.05) is 5.32 Å². The van der Waals surface area contributed by atoms with Crippen LogP contribution in [0.2, 0.25) is 5.15 Å². The summed E-state index contributed by atoms with van der Waals surface area (Å²) in [6.07, 6.45) is 5.39. The third kappa shape index (κ3) is 1.96. The van der Waals surface area contributed by atoms with E-state index in [1.54, 1.807) is 22.8 Å². The first-order valence-corrected chi connectivity index (χ1v) is 6.64. The molecule has 1 aliphatic rings. The van der Waals surface area contributed by atoms with Gasteiger partial charge in [0.25, 0.3) is 0 Å². The molecule has 0 radical (unpaired) electrons. The Morgan fingerprint density at radius 2 is 2.20 bits per heavy atom. The summed E-state index contributed by atoms with van der Waals surface area (Å²) in [6, 6.07) is 3.48. The maximum atomic E-state index is 6.08. The fourth-order valence-corrected chi connectivity index (χ4v) is 2.24. The van der Waals surface area contributed by atoms with E-state index in [9.17, 15) is 0 Å². The second-order valence-corrected chi connectivity index (χ2v) is 5.06. The van der Waals surface area contributed by atoms with Gasteiger partial charge in [-0.05, 0) is 18.9 Å². The molecule has 0 unspecified atom stereocenters. The van der Waals surface area contributed by atoms with Gasteiger partial charge < -0.3 is 5.32 Å². The smallest absolute Gasteiger partial charge is 0.201 e. The molecule has 1 fully saturated rings. The van der Waals surface area contributed by atoms with Crippen molar-refractivity contribution >= 4 is 28.8 Å². The Hall–Kier alpha value is -2.28. The molecule has 0 atom stereocenters. The monoisotopic (exact) mass is 287 g/mol. The Morgan fingerprint density at radius 1 is 1.30 bits per heavy atom. The zero-order valence-electron chi connectivity index (χ0n) is 10.4. The van der Waals surface area contributed by atoms with E-state index in [2.05, 4.69) is 30.6 Å². The van der Waals surface area contributed by atoms with E-state index < -0.39 is 0 Å². The molecule has 0 aliphatic heterocycles. The Labute approximate surface area is 119 Å². The highest BCUT2D eigenvalue weighted by atomic mass is 35.5. The van der Waals surface area contributed by atoms with Crippen molar-refractivity contribution in [3.8, 4) is 0 Å². The SMILES string of the molecule is Clc1cc(Nc2ccncn2)c2nnc(C3CC3)n2n1. The number of aromatic nitrogens is 6. The van der Waals surface area contributed by atoms with Gasteiger partial charge in [-0.25, -0.2) is 9.97 Å². The Morgan fingerprint density at radius 3 is 2.95 bits per heavy atom. The molecule has 0 spiro atoms. The molecule has 3 aromatic rings. The third-order valence-electron chi connectivity index (χ3n) is 3.15. The lowest BCUT2D eigenvalue weighted by Crippen LogP contribution is -2.02.